The lowest BCUT2D eigenvalue weighted by Crippen LogP contribution is -2.27. The number of carbonyl (C=O) groups is 1. The summed E-state index contributed by atoms with van der Waals surface area (Å²) in [5, 5.41) is 1.15. The molecule has 2 rings (SSSR count). The molecule has 5 nitrogen and oxygen atoms in total. The molecule has 2 heterocycles. The third-order valence-electron chi connectivity index (χ3n) is 3.23. The van der Waals surface area contributed by atoms with Crippen molar-refractivity contribution in [1.82, 2.24) is 14.9 Å². The third-order valence-corrected chi connectivity index (χ3v) is 4.07. The van der Waals surface area contributed by atoms with Gasteiger partial charge in [0.05, 0.1) is 13.2 Å². The van der Waals surface area contributed by atoms with Crippen molar-refractivity contribution in [3.63, 3.8) is 0 Å². The summed E-state index contributed by atoms with van der Waals surface area (Å²) in [6.45, 7) is 4.11. The molecule has 0 bridgehead atoms. The fourth-order valence-electron chi connectivity index (χ4n) is 2.00. The molecule has 2 aromatic rings. The molecule has 25 heavy (non-hydrogen) atoms. The van der Waals surface area contributed by atoms with Crippen LogP contribution in [-0.2, 0) is 12.7 Å². The first-order chi connectivity index (χ1) is 11.7. The van der Waals surface area contributed by atoms with Gasteiger partial charge in [0.2, 0.25) is 5.88 Å². The minimum absolute atomic E-state index is 0.0271. The molecule has 0 spiro atoms. The van der Waals surface area contributed by atoms with Crippen LogP contribution in [0.2, 0.25) is 0 Å². The Balaban J connectivity index is 2.15. The third kappa shape index (κ3) is 4.91. The number of amides is 1. The van der Waals surface area contributed by atoms with Crippen LogP contribution >= 0.6 is 11.3 Å². The predicted molar refractivity (Wildman–Crippen MR) is 87.7 cm³/mol. The fourth-order valence-corrected chi connectivity index (χ4v) is 2.85. The maximum Gasteiger partial charge on any atom is 0.434 e. The normalized spacial score (nSPS) is 11.4. The van der Waals surface area contributed by atoms with Crippen LogP contribution in [0.25, 0.3) is 0 Å². The Labute approximate surface area is 147 Å². The van der Waals surface area contributed by atoms with E-state index in [4.69, 9.17) is 4.74 Å². The van der Waals surface area contributed by atoms with Gasteiger partial charge in [-0.05, 0) is 25.5 Å². The van der Waals surface area contributed by atoms with Gasteiger partial charge in [-0.15, -0.1) is 11.3 Å². The van der Waals surface area contributed by atoms with E-state index in [1.165, 1.54) is 11.9 Å². The van der Waals surface area contributed by atoms with Crippen molar-refractivity contribution < 1.29 is 22.7 Å². The Bertz CT molecular complexity index is 746. The number of halogens is 3. The number of alkyl halides is 3. The van der Waals surface area contributed by atoms with Gasteiger partial charge in [0.15, 0.2) is 5.69 Å². The molecule has 2 aromatic heterocycles. The average molecular weight is 373 g/mol. The summed E-state index contributed by atoms with van der Waals surface area (Å²) in [6, 6.07) is 3.29. The lowest BCUT2D eigenvalue weighted by molar-refractivity contribution is -0.140. The first-order valence-electron chi connectivity index (χ1n) is 7.60. The molecule has 136 valence electrons. The highest BCUT2D eigenvalue weighted by Crippen LogP contribution is 2.30. The van der Waals surface area contributed by atoms with Gasteiger partial charge in [-0.25, -0.2) is 9.97 Å². The molecular formula is C16H18F3N3O2S. The molecule has 0 N–H and O–H groups in total. The highest BCUT2D eigenvalue weighted by molar-refractivity contribution is 7.09. The standard InChI is InChI=1S/C16H18F3N3O2S/c1-4-7-24-14-11(6-5-10(2)20-14)15(23)22(3)8-13-21-12(9-25-13)16(17,18)19/h5-6,9H,4,7-8H2,1-3H3. The number of pyridine rings is 1. The van der Waals surface area contributed by atoms with Crippen molar-refractivity contribution in [3.8, 4) is 5.88 Å². The van der Waals surface area contributed by atoms with E-state index in [1.807, 2.05) is 6.92 Å². The minimum atomic E-state index is -4.49. The molecule has 0 unspecified atom stereocenters. The Morgan fingerprint density at radius 3 is 2.64 bits per heavy atom. The average Bonchev–Trinajstić information content (AvgIpc) is 3.01. The largest absolute Gasteiger partial charge is 0.477 e. The number of thiazole rings is 1. The van der Waals surface area contributed by atoms with E-state index >= 15 is 0 Å². The number of aryl methyl sites for hydroxylation is 1. The van der Waals surface area contributed by atoms with E-state index in [2.05, 4.69) is 9.97 Å². The summed E-state index contributed by atoms with van der Waals surface area (Å²) >= 11 is 0.866. The summed E-state index contributed by atoms with van der Waals surface area (Å²) in [5.41, 5.74) is 0.0338. The van der Waals surface area contributed by atoms with Gasteiger partial charge in [0.25, 0.3) is 5.91 Å². The van der Waals surface area contributed by atoms with Crippen LogP contribution < -0.4 is 4.74 Å². The summed E-state index contributed by atoms with van der Waals surface area (Å²) in [6.07, 6.45) is -3.72. The Morgan fingerprint density at radius 2 is 2.04 bits per heavy atom. The van der Waals surface area contributed by atoms with Gasteiger partial charge in [-0.2, -0.15) is 13.2 Å². The van der Waals surface area contributed by atoms with Crippen LogP contribution in [0.1, 0.15) is 40.1 Å². The van der Waals surface area contributed by atoms with E-state index in [-0.39, 0.29) is 28.9 Å². The maximum absolute atomic E-state index is 12.6. The van der Waals surface area contributed by atoms with Gasteiger partial charge in [0, 0.05) is 18.1 Å². The van der Waals surface area contributed by atoms with Gasteiger partial charge >= 0.3 is 6.18 Å². The summed E-state index contributed by atoms with van der Waals surface area (Å²) < 4.78 is 43.3. The highest BCUT2D eigenvalue weighted by atomic mass is 32.1. The smallest absolute Gasteiger partial charge is 0.434 e. The van der Waals surface area contributed by atoms with Crippen molar-refractivity contribution in [3.05, 3.63) is 39.5 Å². The SMILES string of the molecule is CCCOc1nc(C)ccc1C(=O)N(C)Cc1nc(C(F)(F)F)cs1. The van der Waals surface area contributed by atoms with E-state index in [1.54, 1.807) is 19.1 Å². The predicted octanol–water partition coefficient (Wildman–Crippen LogP) is 3.93. The molecule has 0 aromatic carbocycles. The zero-order valence-electron chi connectivity index (χ0n) is 14.1. The van der Waals surface area contributed by atoms with Crippen LogP contribution in [0.3, 0.4) is 0 Å². The molecule has 0 radical (unpaired) electrons. The molecular weight excluding hydrogens is 355 g/mol. The van der Waals surface area contributed by atoms with Gasteiger partial charge in [0.1, 0.15) is 10.6 Å². The summed E-state index contributed by atoms with van der Waals surface area (Å²) in [7, 11) is 1.50. The van der Waals surface area contributed by atoms with Crippen LogP contribution in [0.15, 0.2) is 17.5 Å². The Morgan fingerprint density at radius 1 is 1.32 bits per heavy atom. The second-order valence-corrected chi connectivity index (χ2v) is 6.38. The lowest BCUT2D eigenvalue weighted by atomic mass is 10.2. The first-order valence-corrected chi connectivity index (χ1v) is 8.47. The van der Waals surface area contributed by atoms with Crippen molar-refractivity contribution in [2.45, 2.75) is 33.0 Å². The van der Waals surface area contributed by atoms with Gasteiger partial charge in [-0.1, -0.05) is 6.92 Å². The Hall–Kier alpha value is -2.16. The second-order valence-electron chi connectivity index (χ2n) is 5.44. The molecule has 0 aliphatic heterocycles. The van der Waals surface area contributed by atoms with Crippen molar-refractivity contribution in [2.75, 3.05) is 13.7 Å². The molecule has 0 saturated carbocycles. The molecule has 0 atom stereocenters. The summed E-state index contributed by atoms with van der Waals surface area (Å²) in [5.74, 6) is -0.156. The molecule has 0 fully saturated rings. The minimum Gasteiger partial charge on any atom is -0.477 e. The van der Waals surface area contributed by atoms with Crippen molar-refractivity contribution in [1.29, 1.82) is 0 Å². The number of hydrogen-bond acceptors (Lipinski definition) is 5. The van der Waals surface area contributed by atoms with E-state index in [0.29, 0.717) is 12.3 Å². The van der Waals surface area contributed by atoms with Crippen LogP contribution in [0.5, 0.6) is 5.88 Å². The highest BCUT2D eigenvalue weighted by Gasteiger charge is 2.34. The molecule has 0 aliphatic rings. The number of aromatic nitrogens is 2. The van der Waals surface area contributed by atoms with E-state index in [9.17, 15) is 18.0 Å². The van der Waals surface area contributed by atoms with Crippen LogP contribution in [-0.4, -0.2) is 34.4 Å². The number of nitrogens with zero attached hydrogens (tertiary/aromatic N) is 3. The monoisotopic (exact) mass is 373 g/mol. The zero-order chi connectivity index (χ0) is 18.6. The second kappa shape index (κ2) is 7.81. The van der Waals surface area contributed by atoms with Crippen molar-refractivity contribution in [2.24, 2.45) is 0 Å². The molecule has 0 aliphatic carbocycles. The summed E-state index contributed by atoms with van der Waals surface area (Å²) in [4.78, 5) is 21.7. The number of rotatable bonds is 6. The molecule has 1 amide bonds. The van der Waals surface area contributed by atoms with E-state index in [0.717, 1.165) is 23.1 Å². The van der Waals surface area contributed by atoms with Crippen molar-refractivity contribution >= 4 is 17.2 Å². The van der Waals surface area contributed by atoms with E-state index < -0.39 is 11.9 Å². The molecule has 9 heteroatoms. The van der Waals surface area contributed by atoms with Crippen LogP contribution in [0.4, 0.5) is 13.2 Å². The maximum atomic E-state index is 12.6. The fraction of sp³-hybridized carbons (Fsp3) is 0.438. The zero-order valence-corrected chi connectivity index (χ0v) is 14.9. The van der Waals surface area contributed by atoms with Crippen LogP contribution in [0, 0.1) is 6.92 Å². The molecule has 0 saturated heterocycles. The number of carbonyl (C=O) groups excluding carboxylic acids is 1. The lowest BCUT2D eigenvalue weighted by Gasteiger charge is -2.18. The quantitative estimate of drug-likeness (QED) is 0.770. The number of hydrogen-bond donors (Lipinski definition) is 0. The Kier molecular flexibility index (Phi) is 5.99. The number of ether oxygens (including phenoxy) is 1. The topological polar surface area (TPSA) is 55.3 Å². The van der Waals surface area contributed by atoms with Gasteiger partial charge < -0.3 is 9.64 Å². The van der Waals surface area contributed by atoms with Gasteiger partial charge in [-0.3, -0.25) is 4.79 Å². The first kappa shape index (κ1) is 19.2.